The van der Waals surface area contributed by atoms with Gasteiger partial charge in [-0.05, 0) is 60.7 Å². The molecule has 2 aromatic carbocycles. The Morgan fingerprint density at radius 2 is 1.77 bits per heavy atom. The van der Waals surface area contributed by atoms with Gasteiger partial charge in [0.05, 0.1) is 31.5 Å². The summed E-state index contributed by atoms with van der Waals surface area (Å²) < 4.78 is 11.9. The van der Waals surface area contributed by atoms with Gasteiger partial charge in [-0.1, -0.05) is 48.0 Å². The van der Waals surface area contributed by atoms with Crippen molar-refractivity contribution in [1.29, 1.82) is 0 Å². The van der Waals surface area contributed by atoms with E-state index in [0.717, 1.165) is 32.4 Å². The van der Waals surface area contributed by atoms with Crippen LogP contribution in [0.4, 0.5) is 0 Å². The minimum atomic E-state index is -0.946. The first kappa shape index (κ1) is 26.3. The van der Waals surface area contributed by atoms with Gasteiger partial charge in [-0.25, -0.2) is 0 Å². The van der Waals surface area contributed by atoms with Crippen LogP contribution in [0.3, 0.4) is 0 Å². The number of thioether (sulfide) groups is 1. The summed E-state index contributed by atoms with van der Waals surface area (Å²) in [5, 5.41) is 31.3. The summed E-state index contributed by atoms with van der Waals surface area (Å²) in [7, 11) is 0. The number of aliphatic hydroxyl groups excluding tert-OH is 3. The van der Waals surface area contributed by atoms with Crippen molar-refractivity contribution in [1.82, 2.24) is 0 Å². The molecule has 5 atom stereocenters. The highest BCUT2D eigenvalue weighted by Gasteiger charge is 2.40. The van der Waals surface area contributed by atoms with E-state index in [1.807, 2.05) is 61.5 Å². The summed E-state index contributed by atoms with van der Waals surface area (Å²) in [4.78, 5) is 1.08. The quantitative estimate of drug-likeness (QED) is 0.413. The van der Waals surface area contributed by atoms with Crippen LogP contribution in [-0.2, 0) is 17.8 Å². The van der Waals surface area contributed by atoms with Gasteiger partial charge in [0.2, 0.25) is 0 Å². The summed E-state index contributed by atoms with van der Waals surface area (Å²) in [5.41, 5.74) is 3.00. The Hall–Kier alpha value is -1.80. The van der Waals surface area contributed by atoms with Crippen molar-refractivity contribution < 1.29 is 24.8 Å². The zero-order valence-electron chi connectivity index (χ0n) is 19.8. The van der Waals surface area contributed by atoms with E-state index in [0.29, 0.717) is 31.6 Å². The summed E-state index contributed by atoms with van der Waals surface area (Å²) in [6, 6.07) is 15.8. The number of hydrogen-bond donors (Lipinski definition) is 3. The lowest BCUT2D eigenvalue weighted by atomic mass is 9.83. The topological polar surface area (TPSA) is 79.2 Å². The molecule has 1 heterocycles. The molecule has 0 spiro atoms. The molecule has 5 nitrogen and oxygen atoms in total. The van der Waals surface area contributed by atoms with Crippen LogP contribution in [0.5, 0.6) is 5.75 Å². The van der Waals surface area contributed by atoms with E-state index in [2.05, 4.69) is 6.08 Å². The molecule has 0 saturated carbocycles. The van der Waals surface area contributed by atoms with Crippen molar-refractivity contribution in [2.24, 2.45) is 5.92 Å². The normalized spacial score (nSPS) is 26.7. The summed E-state index contributed by atoms with van der Waals surface area (Å²) in [6.07, 6.45) is 3.35. The van der Waals surface area contributed by atoms with Crippen LogP contribution in [-0.4, -0.2) is 52.1 Å². The van der Waals surface area contributed by atoms with E-state index in [-0.39, 0.29) is 18.6 Å². The molecular formula is C28H33ClO5S. The lowest BCUT2D eigenvalue weighted by Crippen LogP contribution is -2.51. The molecule has 1 aliphatic carbocycles. The molecule has 4 rings (SSSR count). The number of rotatable bonds is 9. The molecule has 1 aliphatic heterocycles. The molecule has 188 valence electrons. The molecular weight excluding hydrogens is 484 g/mol. The molecule has 0 bridgehead atoms. The Morgan fingerprint density at radius 1 is 1.06 bits per heavy atom. The number of benzene rings is 2. The van der Waals surface area contributed by atoms with E-state index in [1.54, 1.807) is 11.8 Å². The molecule has 3 N–H and O–H groups in total. The van der Waals surface area contributed by atoms with E-state index >= 15 is 0 Å². The molecule has 1 saturated heterocycles. The number of aliphatic hydroxyl groups is 3. The number of halogens is 1. The van der Waals surface area contributed by atoms with E-state index in [1.165, 1.54) is 0 Å². The maximum absolute atomic E-state index is 10.8. The van der Waals surface area contributed by atoms with Gasteiger partial charge < -0.3 is 24.8 Å². The largest absolute Gasteiger partial charge is 0.494 e. The summed E-state index contributed by atoms with van der Waals surface area (Å²) in [5.74, 6) is 1.44. The molecule has 35 heavy (non-hydrogen) atoms. The minimum absolute atomic E-state index is 0.0242. The Kier molecular flexibility index (Phi) is 9.34. The number of allylic oxidation sites excluding steroid dienone is 3. The average molecular weight is 517 g/mol. The fraction of sp³-hybridized carbons (Fsp3) is 0.429. The fourth-order valence-corrected chi connectivity index (χ4v) is 5.71. The molecule has 7 heteroatoms. The van der Waals surface area contributed by atoms with Crippen LogP contribution < -0.4 is 4.74 Å². The van der Waals surface area contributed by atoms with Crippen molar-refractivity contribution in [2.75, 3.05) is 12.4 Å². The van der Waals surface area contributed by atoms with Gasteiger partial charge >= 0.3 is 0 Å². The number of hydrogen-bond acceptors (Lipinski definition) is 6. The highest BCUT2D eigenvalue weighted by Crippen LogP contribution is 2.36. The first-order valence-electron chi connectivity index (χ1n) is 12.1. The van der Waals surface area contributed by atoms with Crippen molar-refractivity contribution in [3.8, 4) is 5.75 Å². The van der Waals surface area contributed by atoms with E-state index in [4.69, 9.17) is 21.1 Å². The van der Waals surface area contributed by atoms with Gasteiger partial charge in [0.15, 0.2) is 0 Å². The predicted octanol–water partition coefficient (Wildman–Crippen LogP) is 4.86. The Bertz CT molecular complexity index is 1020. The minimum Gasteiger partial charge on any atom is -0.494 e. The molecule has 2 aromatic rings. The lowest BCUT2D eigenvalue weighted by Gasteiger charge is -2.41. The molecule has 0 aromatic heterocycles. The van der Waals surface area contributed by atoms with Crippen molar-refractivity contribution in [2.45, 2.75) is 62.1 Å². The van der Waals surface area contributed by atoms with E-state index in [9.17, 15) is 15.3 Å². The second kappa shape index (κ2) is 12.4. The molecule has 1 fully saturated rings. The Balaban J connectivity index is 1.41. The smallest absolute Gasteiger partial charge is 0.119 e. The van der Waals surface area contributed by atoms with Crippen LogP contribution in [0, 0.1) is 5.92 Å². The van der Waals surface area contributed by atoms with E-state index < -0.39 is 18.3 Å². The number of ether oxygens (including phenoxy) is 2. The zero-order chi connectivity index (χ0) is 24.8. The van der Waals surface area contributed by atoms with Crippen LogP contribution in [0.15, 0.2) is 76.2 Å². The fourth-order valence-electron chi connectivity index (χ4n) is 4.57. The second-order valence-electron chi connectivity index (χ2n) is 9.03. The molecule has 5 unspecified atom stereocenters. The molecule has 0 amide bonds. The van der Waals surface area contributed by atoms with Crippen molar-refractivity contribution >= 4 is 23.4 Å². The van der Waals surface area contributed by atoms with Crippen LogP contribution >= 0.6 is 23.4 Å². The van der Waals surface area contributed by atoms with Gasteiger partial charge in [-0.2, -0.15) is 0 Å². The third kappa shape index (κ3) is 6.91. The van der Waals surface area contributed by atoms with Gasteiger partial charge in [0.1, 0.15) is 11.9 Å². The lowest BCUT2D eigenvalue weighted by molar-refractivity contribution is -0.174. The van der Waals surface area contributed by atoms with Crippen LogP contribution in [0.1, 0.15) is 30.9 Å². The Morgan fingerprint density at radius 3 is 2.46 bits per heavy atom. The molecule has 2 aliphatic rings. The van der Waals surface area contributed by atoms with Crippen LogP contribution in [0.25, 0.3) is 0 Å². The highest BCUT2D eigenvalue weighted by molar-refractivity contribution is 7.99. The summed E-state index contributed by atoms with van der Waals surface area (Å²) >= 11 is 8.19. The highest BCUT2D eigenvalue weighted by atomic mass is 35.5. The van der Waals surface area contributed by atoms with Crippen molar-refractivity contribution in [3.63, 3.8) is 0 Å². The summed E-state index contributed by atoms with van der Waals surface area (Å²) in [6.45, 7) is 2.62. The average Bonchev–Trinajstić information content (AvgIpc) is 2.87. The SMILES string of the molecule is CCOc1ccc(CC2=CC(C3OC(CSc4ccc(CO)cc4)CC(O)C3O)CC=C2Cl)cc1. The molecule has 0 radical (unpaired) electrons. The predicted molar refractivity (Wildman–Crippen MR) is 140 cm³/mol. The first-order valence-corrected chi connectivity index (χ1v) is 13.5. The Labute approximate surface area is 216 Å². The third-order valence-electron chi connectivity index (χ3n) is 6.47. The second-order valence-corrected chi connectivity index (χ2v) is 10.5. The zero-order valence-corrected chi connectivity index (χ0v) is 21.4. The third-order valence-corrected chi connectivity index (χ3v) is 8.01. The van der Waals surface area contributed by atoms with Gasteiger partial charge in [0.25, 0.3) is 0 Å². The van der Waals surface area contributed by atoms with Gasteiger partial charge in [-0.3, -0.25) is 0 Å². The standard InChI is InChI=1S/C28H33ClO5S/c1-2-33-22-8-3-18(4-9-22)13-21-14-20(7-12-25(21)29)28-27(32)26(31)15-23(34-28)17-35-24-10-5-19(16-30)6-11-24/h3-6,8-12,14,20,23,26-28,30-32H,2,7,13,15-17H2,1H3. The van der Waals surface area contributed by atoms with Gasteiger partial charge in [-0.15, -0.1) is 11.8 Å². The van der Waals surface area contributed by atoms with Gasteiger partial charge in [0, 0.05) is 28.0 Å². The first-order chi connectivity index (χ1) is 17.0. The monoisotopic (exact) mass is 516 g/mol. The maximum Gasteiger partial charge on any atom is 0.119 e. The maximum atomic E-state index is 10.8. The van der Waals surface area contributed by atoms with Crippen LogP contribution in [0.2, 0.25) is 0 Å². The van der Waals surface area contributed by atoms with Crippen molar-refractivity contribution in [3.05, 3.63) is 82.4 Å².